The third-order valence-corrected chi connectivity index (χ3v) is 5.03. The van der Waals surface area contributed by atoms with Crippen molar-refractivity contribution in [3.05, 3.63) is 44.3 Å². The van der Waals surface area contributed by atoms with Gasteiger partial charge in [-0.15, -0.1) is 11.3 Å². The van der Waals surface area contributed by atoms with Gasteiger partial charge in [-0.2, -0.15) is 0 Å². The SMILES string of the molecule is CN(Cc1cc(Br)cs1)c1cc2c(cc1F)C(O)C(=O)N2. The number of rotatable bonds is 3. The van der Waals surface area contributed by atoms with E-state index in [0.29, 0.717) is 17.9 Å². The van der Waals surface area contributed by atoms with Crippen LogP contribution in [0.1, 0.15) is 16.5 Å². The number of carbonyl (C=O) groups excluding carboxylic acids is 1. The number of carbonyl (C=O) groups is 1. The minimum Gasteiger partial charge on any atom is -0.378 e. The van der Waals surface area contributed by atoms with Gasteiger partial charge in [0, 0.05) is 33.0 Å². The van der Waals surface area contributed by atoms with E-state index in [1.807, 2.05) is 11.4 Å². The van der Waals surface area contributed by atoms with Crippen LogP contribution in [0.5, 0.6) is 0 Å². The summed E-state index contributed by atoms with van der Waals surface area (Å²) in [5.41, 5.74) is 1.13. The highest BCUT2D eigenvalue weighted by Gasteiger charge is 2.30. The standard InChI is InChI=1S/C14H12BrFN2O2S/c1-18(5-8-2-7(15)6-21-8)12-4-11-9(3-10(12)16)13(19)14(20)17-11/h2-4,6,13,19H,5H2,1H3,(H,17,20). The Bertz CT molecular complexity index is 719. The molecule has 7 heteroatoms. The summed E-state index contributed by atoms with van der Waals surface area (Å²) in [7, 11) is 1.78. The van der Waals surface area contributed by atoms with E-state index in [1.165, 1.54) is 6.07 Å². The van der Waals surface area contributed by atoms with Gasteiger partial charge in [-0.3, -0.25) is 4.79 Å². The molecule has 2 aromatic rings. The zero-order valence-electron chi connectivity index (χ0n) is 11.1. The van der Waals surface area contributed by atoms with E-state index in [9.17, 15) is 14.3 Å². The number of anilines is 2. The third kappa shape index (κ3) is 2.68. The molecule has 2 heterocycles. The lowest BCUT2D eigenvalue weighted by Gasteiger charge is -2.20. The molecule has 3 rings (SSSR count). The van der Waals surface area contributed by atoms with Gasteiger partial charge in [0.1, 0.15) is 5.82 Å². The normalized spacial score (nSPS) is 16.8. The number of amides is 1. The maximum absolute atomic E-state index is 14.2. The molecule has 1 aromatic heterocycles. The number of benzene rings is 1. The van der Waals surface area contributed by atoms with Crippen LogP contribution in [0.2, 0.25) is 0 Å². The van der Waals surface area contributed by atoms with Crippen LogP contribution in [0, 0.1) is 5.82 Å². The summed E-state index contributed by atoms with van der Waals surface area (Å²) in [6.07, 6.45) is -1.29. The average Bonchev–Trinajstić information content (AvgIpc) is 2.95. The number of hydrogen-bond donors (Lipinski definition) is 2. The Morgan fingerprint density at radius 1 is 1.48 bits per heavy atom. The monoisotopic (exact) mass is 370 g/mol. The van der Waals surface area contributed by atoms with Gasteiger partial charge in [-0.25, -0.2) is 4.39 Å². The lowest BCUT2D eigenvalue weighted by molar-refractivity contribution is -0.123. The molecule has 0 aliphatic carbocycles. The van der Waals surface area contributed by atoms with E-state index in [-0.39, 0.29) is 5.56 Å². The Kier molecular flexibility index (Phi) is 3.73. The Morgan fingerprint density at radius 3 is 2.90 bits per heavy atom. The van der Waals surface area contributed by atoms with Crippen molar-refractivity contribution in [3.8, 4) is 0 Å². The Hall–Kier alpha value is -1.44. The first-order valence-electron chi connectivity index (χ1n) is 6.22. The number of fused-ring (bicyclic) bond motifs is 1. The van der Waals surface area contributed by atoms with Crippen LogP contribution in [0.3, 0.4) is 0 Å². The molecule has 21 heavy (non-hydrogen) atoms. The molecule has 0 fully saturated rings. The summed E-state index contributed by atoms with van der Waals surface area (Å²) in [5.74, 6) is -0.978. The molecule has 110 valence electrons. The summed E-state index contributed by atoms with van der Waals surface area (Å²) >= 11 is 4.97. The van der Waals surface area contributed by atoms with Crippen molar-refractivity contribution < 1.29 is 14.3 Å². The van der Waals surface area contributed by atoms with Crippen molar-refractivity contribution in [2.24, 2.45) is 0 Å². The van der Waals surface area contributed by atoms with Crippen LogP contribution in [0.4, 0.5) is 15.8 Å². The maximum Gasteiger partial charge on any atom is 0.257 e. The highest BCUT2D eigenvalue weighted by atomic mass is 79.9. The van der Waals surface area contributed by atoms with Crippen molar-refractivity contribution in [2.75, 3.05) is 17.3 Å². The van der Waals surface area contributed by atoms with E-state index < -0.39 is 17.8 Å². The number of hydrogen-bond acceptors (Lipinski definition) is 4. The van der Waals surface area contributed by atoms with Crippen molar-refractivity contribution >= 4 is 44.5 Å². The van der Waals surface area contributed by atoms with Crippen LogP contribution in [0.15, 0.2) is 28.1 Å². The van der Waals surface area contributed by atoms with Crippen LogP contribution in [-0.4, -0.2) is 18.1 Å². The highest BCUT2D eigenvalue weighted by molar-refractivity contribution is 9.10. The number of nitrogens with zero attached hydrogens (tertiary/aromatic N) is 1. The summed E-state index contributed by atoms with van der Waals surface area (Å²) in [4.78, 5) is 14.3. The van der Waals surface area contributed by atoms with Gasteiger partial charge in [0.05, 0.1) is 12.2 Å². The first kappa shape index (κ1) is 14.5. The van der Waals surface area contributed by atoms with Gasteiger partial charge in [0.25, 0.3) is 5.91 Å². The number of nitrogens with one attached hydrogen (secondary N) is 1. The van der Waals surface area contributed by atoms with E-state index >= 15 is 0 Å². The van der Waals surface area contributed by atoms with Gasteiger partial charge >= 0.3 is 0 Å². The molecule has 0 spiro atoms. The molecule has 0 bridgehead atoms. The van der Waals surface area contributed by atoms with E-state index in [0.717, 1.165) is 9.35 Å². The number of thiophene rings is 1. The zero-order chi connectivity index (χ0) is 15.1. The average molecular weight is 371 g/mol. The molecule has 0 saturated heterocycles. The lowest BCUT2D eigenvalue weighted by atomic mass is 10.1. The highest BCUT2D eigenvalue weighted by Crippen LogP contribution is 2.36. The molecule has 0 saturated carbocycles. The molecule has 0 radical (unpaired) electrons. The minimum atomic E-state index is -1.29. The number of aliphatic hydroxyl groups excluding tert-OH is 1. The van der Waals surface area contributed by atoms with Crippen LogP contribution in [0.25, 0.3) is 0 Å². The fourth-order valence-electron chi connectivity index (χ4n) is 2.30. The number of halogens is 2. The third-order valence-electron chi connectivity index (χ3n) is 3.35. The summed E-state index contributed by atoms with van der Waals surface area (Å²) in [6, 6.07) is 4.76. The predicted octanol–water partition coefficient (Wildman–Crippen LogP) is 3.27. The Morgan fingerprint density at radius 2 is 2.24 bits per heavy atom. The van der Waals surface area contributed by atoms with E-state index in [2.05, 4.69) is 21.2 Å². The second kappa shape index (κ2) is 5.40. The van der Waals surface area contributed by atoms with Crippen LogP contribution < -0.4 is 10.2 Å². The van der Waals surface area contributed by atoms with Gasteiger partial charge in [0.15, 0.2) is 6.10 Å². The Labute approximate surface area is 133 Å². The summed E-state index contributed by atoms with van der Waals surface area (Å²) in [5, 5.41) is 14.2. The van der Waals surface area contributed by atoms with Crippen molar-refractivity contribution in [2.45, 2.75) is 12.6 Å². The molecule has 1 aliphatic rings. The maximum atomic E-state index is 14.2. The van der Waals surface area contributed by atoms with Gasteiger partial charge in [-0.1, -0.05) is 0 Å². The van der Waals surface area contributed by atoms with Crippen molar-refractivity contribution in [1.29, 1.82) is 0 Å². The summed E-state index contributed by atoms with van der Waals surface area (Å²) < 4.78 is 15.2. The van der Waals surface area contributed by atoms with Crippen LogP contribution in [-0.2, 0) is 11.3 Å². The van der Waals surface area contributed by atoms with Crippen molar-refractivity contribution in [3.63, 3.8) is 0 Å². The predicted molar refractivity (Wildman–Crippen MR) is 84.1 cm³/mol. The zero-order valence-corrected chi connectivity index (χ0v) is 13.5. The molecule has 1 aliphatic heterocycles. The number of aliphatic hydroxyl groups is 1. The Balaban J connectivity index is 1.89. The topological polar surface area (TPSA) is 52.6 Å². The molecule has 1 unspecified atom stereocenters. The summed E-state index contributed by atoms with van der Waals surface area (Å²) in [6.45, 7) is 0.558. The molecule has 1 amide bonds. The molecular weight excluding hydrogens is 359 g/mol. The van der Waals surface area contributed by atoms with E-state index in [4.69, 9.17) is 0 Å². The molecule has 4 nitrogen and oxygen atoms in total. The second-order valence-corrected chi connectivity index (χ2v) is 6.78. The fourth-order valence-corrected chi connectivity index (χ4v) is 3.81. The smallest absolute Gasteiger partial charge is 0.257 e. The van der Waals surface area contributed by atoms with E-state index in [1.54, 1.807) is 29.4 Å². The fraction of sp³-hybridized carbons (Fsp3) is 0.214. The first-order chi connectivity index (χ1) is 9.95. The largest absolute Gasteiger partial charge is 0.378 e. The van der Waals surface area contributed by atoms with Gasteiger partial charge in [0.2, 0.25) is 0 Å². The molecule has 1 aromatic carbocycles. The lowest BCUT2D eigenvalue weighted by Crippen LogP contribution is -2.17. The van der Waals surface area contributed by atoms with Gasteiger partial charge < -0.3 is 15.3 Å². The minimum absolute atomic E-state index is 0.286. The molecular formula is C14H12BrFN2O2S. The van der Waals surface area contributed by atoms with Gasteiger partial charge in [-0.05, 0) is 34.1 Å². The first-order valence-corrected chi connectivity index (χ1v) is 7.89. The molecule has 1 atom stereocenters. The second-order valence-electron chi connectivity index (χ2n) is 4.87. The van der Waals surface area contributed by atoms with Crippen LogP contribution >= 0.6 is 27.3 Å². The quantitative estimate of drug-likeness (QED) is 0.871. The van der Waals surface area contributed by atoms with Crippen molar-refractivity contribution in [1.82, 2.24) is 0 Å². The molecule has 2 N–H and O–H groups in total.